The van der Waals surface area contributed by atoms with Crippen LogP contribution in [0.2, 0.25) is 0 Å². The van der Waals surface area contributed by atoms with E-state index in [1.807, 2.05) is 6.92 Å². The van der Waals surface area contributed by atoms with E-state index in [9.17, 15) is 0 Å². The lowest BCUT2D eigenvalue weighted by Gasteiger charge is -2.21. The Morgan fingerprint density at radius 2 is 2.44 bits per heavy atom. The summed E-state index contributed by atoms with van der Waals surface area (Å²) in [6.07, 6.45) is 3.86. The lowest BCUT2D eigenvalue weighted by atomic mass is 9.95. The van der Waals surface area contributed by atoms with Crippen LogP contribution in [-0.2, 0) is 6.42 Å². The van der Waals surface area contributed by atoms with Gasteiger partial charge in [0.25, 0.3) is 0 Å². The van der Waals surface area contributed by atoms with Crippen LogP contribution in [0.1, 0.15) is 42.5 Å². The summed E-state index contributed by atoms with van der Waals surface area (Å²) < 4.78 is 5.62. The van der Waals surface area contributed by atoms with Crippen molar-refractivity contribution in [3.63, 3.8) is 0 Å². The van der Waals surface area contributed by atoms with E-state index in [4.69, 9.17) is 9.52 Å². The highest BCUT2D eigenvalue weighted by atomic mass is 16.4. The molecular weight excluding hydrogens is 204 g/mol. The summed E-state index contributed by atoms with van der Waals surface area (Å²) in [6, 6.07) is 0. The smallest absolute Gasteiger partial charge is 0.194 e. The number of aromatic nitrogens is 1. The zero-order chi connectivity index (χ0) is 11.4. The molecule has 1 aliphatic heterocycles. The van der Waals surface area contributed by atoms with Crippen molar-refractivity contribution in [1.29, 1.82) is 0 Å². The van der Waals surface area contributed by atoms with Gasteiger partial charge in [-0.25, -0.2) is 4.98 Å². The molecular formula is C12H20N2O2. The van der Waals surface area contributed by atoms with Crippen LogP contribution in [0.3, 0.4) is 0 Å². The molecule has 0 saturated carbocycles. The Labute approximate surface area is 96.1 Å². The lowest BCUT2D eigenvalue weighted by Crippen LogP contribution is -2.28. The number of aliphatic hydroxyl groups excluding tert-OH is 1. The normalized spacial score (nSPS) is 21.2. The van der Waals surface area contributed by atoms with Gasteiger partial charge in [0.15, 0.2) is 5.89 Å². The molecule has 0 bridgehead atoms. The summed E-state index contributed by atoms with van der Waals surface area (Å²) in [4.78, 5) is 4.55. The summed E-state index contributed by atoms with van der Waals surface area (Å²) in [5.41, 5.74) is 1.11. The zero-order valence-corrected chi connectivity index (χ0v) is 9.83. The highest BCUT2D eigenvalue weighted by Gasteiger charge is 2.21. The Balaban J connectivity index is 2.04. The number of aryl methyl sites for hydroxylation is 2. The first-order chi connectivity index (χ1) is 7.81. The molecule has 0 radical (unpaired) electrons. The fraction of sp³-hybridized carbons (Fsp3) is 0.750. The monoisotopic (exact) mass is 224 g/mol. The fourth-order valence-corrected chi connectivity index (χ4v) is 2.27. The number of nitrogens with zero attached hydrogens (tertiary/aromatic N) is 1. The van der Waals surface area contributed by atoms with Crippen molar-refractivity contribution in [3.8, 4) is 0 Å². The van der Waals surface area contributed by atoms with Crippen LogP contribution in [0.4, 0.5) is 0 Å². The Hall–Kier alpha value is -0.870. The second-order valence-corrected chi connectivity index (χ2v) is 4.42. The van der Waals surface area contributed by atoms with E-state index in [0.29, 0.717) is 5.92 Å². The van der Waals surface area contributed by atoms with Gasteiger partial charge in [0.1, 0.15) is 5.76 Å². The van der Waals surface area contributed by atoms with Crippen LogP contribution < -0.4 is 5.32 Å². The lowest BCUT2D eigenvalue weighted by molar-refractivity contribution is 0.282. The van der Waals surface area contributed by atoms with Crippen LogP contribution in [0.15, 0.2) is 4.42 Å². The molecule has 1 fully saturated rings. The van der Waals surface area contributed by atoms with E-state index in [1.54, 1.807) is 0 Å². The highest BCUT2D eigenvalue weighted by Crippen LogP contribution is 2.26. The number of hydrogen-bond donors (Lipinski definition) is 2. The van der Waals surface area contributed by atoms with Crippen molar-refractivity contribution >= 4 is 0 Å². The van der Waals surface area contributed by atoms with E-state index in [1.165, 1.54) is 12.8 Å². The van der Waals surface area contributed by atoms with Gasteiger partial charge in [-0.3, -0.25) is 0 Å². The molecule has 16 heavy (non-hydrogen) atoms. The van der Waals surface area contributed by atoms with E-state index in [2.05, 4.69) is 10.3 Å². The first kappa shape index (κ1) is 11.6. The molecule has 0 aromatic carbocycles. The zero-order valence-electron chi connectivity index (χ0n) is 9.83. The second-order valence-electron chi connectivity index (χ2n) is 4.42. The van der Waals surface area contributed by atoms with E-state index >= 15 is 0 Å². The first-order valence-corrected chi connectivity index (χ1v) is 6.09. The van der Waals surface area contributed by atoms with Gasteiger partial charge in [-0.05, 0) is 32.7 Å². The molecule has 90 valence electrons. The minimum absolute atomic E-state index is 0.196. The van der Waals surface area contributed by atoms with Crippen LogP contribution in [0, 0.1) is 6.92 Å². The van der Waals surface area contributed by atoms with Gasteiger partial charge in [-0.15, -0.1) is 0 Å². The summed E-state index contributed by atoms with van der Waals surface area (Å²) >= 11 is 0. The van der Waals surface area contributed by atoms with Gasteiger partial charge < -0.3 is 14.8 Å². The van der Waals surface area contributed by atoms with Crippen molar-refractivity contribution < 1.29 is 9.52 Å². The molecule has 2 heterocycles. The van der Waals surface area contributed by atoms with Crippen LogP contribution in [0.5, 0.6) is 0 Å². The van der Waals surface area contributed by atoms with E-state index in [-0.39, 0.29) is 6.61 Å². The summed E-state index contributed by atoms with van der Waals surface area (Å²) in [6.45, 7) is 4.30. The maximum absolute atomic E-state index is 8.77. The standard InChI is InChI=1S/C12H20N2O2/c1-9-12(10-4-2-6-13-8-10)14-11(16-9)5-3-7-15/h10,13,15H,2-8H2,1H3. The molecule has 1 unspecified atom stereocenters. The van der Waals surface area contributed by atoms with Crippen molar-refractivity contribution in [2.24, 2.45) is 0 Å². The maximum atomic E-state index is 8.77. The molecule has 4 nitrogen and oxygen atoms in total. The Bertz CT molecular complexity index is 330. The van der Waals surface area contributed by atoms with Crippen LogP contribution in [0.25, 0.3) is 0 Å². The topological polar surface area (TPSA) is 58.3 Å². The SMILES string of the molecule is Cc1oc(CCCO)nc1C1CCCNC1. The van der Waals surface area contributed by atoms with Crippen LogP contribution in [-0.4, -0.2) is 29.8 Å². The van der Waals surface area contributed by atoms with Crippen molar-refractivity contribution in [2.45, 2.75) is 38.5 Å². The molecule has 1 atom stereocenters. The predicted octanol–water partition coefficient (Wildman–Crippen LogP) is 1.37. The molecule has 2 N–H and O–H groups in total. The molecule has 2 rings (SSSR count). The summed E-state index contributed by atoms with van der Waals surface area (Å²) in [5, 5.41) is 12.2. The van der Waals surface area contributed by atoms with Gasteiger partial charge in [-0.2, -0.15) is 0 Å². The average molecular weight is 224 g/mol. The molecule has 1 aliphatic rings. The predicted molar refractivity (Wildman–Crippen MR) is 61.5 cm³/mol. The number of oxazole rings is 1. The highest BCUT2D eigenvalue weighted by molar-refractivity contribution is 5.15. The van der Waals surface area contributed by atoms with Gasteiger partial charge >= 0.3 is 0 Å². The molecule has 0 aliphatic carbocycles. The second kappa shape index (κ2) is 5.46. The van der Waals surface area contributed by atoms with Gasteiger partial charge in [-0.1, -0.05) is 0 Å². The van der Waals surface area contributed by atoms with Crippen molar-refractivity contribution in [3.05, 3.63) is 17.3 Å². The van der Waals surface area contributed by atoms with Gasteiger partial charge in [0.05, 0.1) is 5.69 Å². The number of piperidine rings is 1. The van der Waals surface area contributed by atoms with E-state index in [0.717, 1.165) is 43.3 Å². The largest absolute Gasteiger partial charge is 0.446 e. The fourth-order valence-electron chi connectivity index (χ4n) is 2.27. The Morgan fingerprint density at radius 1 is 1.56 bits per heavy atom. The quantitative estimate of drug-likeness (QED) is 0.811. The average Bonchev–Trinajstić information content (AvgIpc) is 2.69. The Kier molecular flexibility index (Phi) is 3.96. The molecule has 1 aromatic rings. The summed E-state index contributed by atoms with van der Waals surface area (Å²) in [5.74, 6) is 2.22. The molecule has 0 spiro atoms. The van der Waals surface area contributed by atoms with Gasteiger partial charge in [0, 0.05) is 25.5 Å². The van der Waals surface area contributed by atoms with Gasteiger partial charge in [0.2, 0.25) is 0 Å². The Morgan fingerprint density at radius 3 is 3.12 bits per heavy atom. The summed E-state index contributed by atoms with van der Waals surface area (Å²) in [7, 11) is 0. The number of nitrogens with one attached hydrogen (secondary N) is 1. The number of aliphatic hydroxyl groups is 1. The number of rotatable bonds is 4. The van der Waals surface area contributed by atoms with E-state index < -0.39 is 0 Å². The molecule has 0 amide bonds. The van der Waals surface area contributed by atoms with Crippen LogP contribution >= 0.6 is 0 Å². The third-order valence-corrected chi connectivity index (χ3v) is 3.11. The van der Waals surface area contributed by atoms with Crippen molar-refractivity contribution in [2.75, 3.05) is 19.7 Å². The first-order valence-electron chi connectivity index (χ1n) is 6.09. The van der Waals surface area contributed by atoms with Crippen molar-refractivity contribution in [1.82, 2.24) is 10.3 Å². The molecule has 1 aromatic heterocycles. The minimum Gasteiger partial charge on any atom is -0.446 e. The molecule has 1 saturated heterocycles. The maximum Gasteiger partial charge on any atom is 0.194 e. The third-order valence-electron chi connectivity index (χ3n) is 3.11. The minimum atomic E-state index is 0.196. The number of hydrogen-bond acceptors (Lipinski definition) is 4. The third kappa shape index (κ3) is 2.62. The molecule has 4 heteroatoms.